The van der Waals surface area contributed by atoms with E-state index in [-0.39, 0.29) is 0 Å². The lowest BCUT2D eigenvalue weighted by atomic mass is 9.92. The van der Waals surface area contributed by atoms with Crippen LogP contribution in [-0.2, 0) is 0 Å². The maximum atomic E-state index is 5.40. The topological polar surface area (TPSA) is 48.5 Å². The first-order valence-electron chi connectivity index (χ1n) is 21.0. The number of fused-ring (bicyclic) bond motifs is 13. The summed E-state index contributed by atoms with van der Waals surface area (Å²) in [6.45, 7) is 0. The van der Waals surface area contributed by atoms with Crippen molar-refractivity contribution in [2.75, 3.05) is 0 Å². The Morgan fingerprint density at radius 2 is 0.742 bits per heavy atom. The molecule has 5 heteroatoms. The van der Waals surface area contributed by atoms with Crippen molar-refractivity contribution >= 4 is 75.9 Å². The molecule has 0 spiro atoms. The first-order valence-corrected chi connectivity index (χ1v) is 21.0. The summed E-state index contributed by atoms with van der Waals surface area (Å²) < 4.78 is 4.89. The van der Waals surface area contributed by atoms with Gasteiger partial charge in [0.25, 0.3) is 0 Å². The zero-order valence-electron chi connectivity index (χ0n) is 33.4. The van der Waals surface area contributed by atoms with Crippen molar-refractivity contribution < 1.29 is 0 Å². The van der Waals surface area contributed by atoms with Gasteiger partial charge in [-0.25, -0.2) is 15.0 Å². The number of benzene rings is 10. The zero-order valence-corrected chi connectivity index (χ0v) is 33.4. The van der Waals surface area contributed by atoms with Crippen molar-refractivity contribution in [1.29, 1.82) is 0 Å². The van der Waals surface area contributed by atoms with E-state index in [2.05, 4.69) is 185 Å². The minimum atomic E-state index is 0.608. The predicted molar refractivity (Wildman–Crippen MR) is 257 cm³/mol. The van der Waals surface area contributed by atoms with Crippen LogP contribution in [-0.4, -0.2) is 24.1 Å². The molecule has 10 aromatic carbocycles. The van der Waals surface area contributed by atoms with Gasteiger partial charge in [-0.15, -0.1) is 0 Å². The highest BCUT2D eigenvalue weighted by Gasteiger charge is 2.25. The maximum Gasteiger partial charge on any atom is 0.166 e. The monoisotopic (exact) mass is 789 g/mol. The number of aromatic nitrogens is 5. The summed E-state index contributed by atoms with van der Waals surface area (Å²) in [4.78, 5) is 15.9. The third-order valence-electron chi connectivity index (χ3n) is 12.5. The largest absolute Gasteiger partial charge is 0.309 e. The number of para-hydroxylation sites is 3. The second-order valence-electron chi connectivity index (χ2n) is 15.9. The molecule has 0 N–H and O–H groups in total. The smallest absolute Gasteiger partial charge is 0.166 e. The highest BCUT2D eigenvalue weighted by Crippen LogP contribution is 2.46. The van der Waals surface area contributed by atoms with E-state index >= 15 is 0 Å². The number of hydrogen-bond acceptors (Lipinski definition) is 3. The molecule has 3 aromatic heterocycles. The van der Waals surface area contributed by atoms with Gasteiger partial charge in [-0.05, 0) is 74.8 Å². The summed E-state index contributed by atoms with van der Waals surface area (Å²) in [6, 6.07) is 75.7. The molecule has 0 amide bonds. The van der Waals surface area contributed by atoms with Crippen LogP contribution < -0.4 is 0 Å². The lowest BCUT2D eigenvalue weighted by Gasteiger charge is -2.18. The number of rotatable bonds is 5. The van der Waals surface area contributed by atoms with Crippen molar-refractivity contribution in [2.45, 2.75) is 0 Å². The van der Waals surface area contributed by atoms with Crippen molar-refractivity contribution in [3.05, 3.63) is 212 Å². The van der Waals surface area contributed by atoms with Crippen LogP contribution in [0.1, 0.15) is 0 Å². The lowest BCUT2D eigenvalue weighted by Crippen LogP contribution is -2.04. The van der Waals surface area contributed by atoms with Gasteiger partial charge in [0.15, 0.2) is 17.5 Å². The summed E-state index contributed by atoms with van der Waals surface area (Å²) in [5.41, 5.74) is 9.45. The average molecular weight is 790 g/mol. The molecule has 288 valence electrons. The van der Waals surface area contributed by atoms with Crippen LogP contribution in [0.15, 0.2) is 212 Å². The van der Waals surface area contributed by atoms with Gasteiger partial charge in [0.1, 0.15) is 0 Å². The maximum absolute atomic E-state index is 5.40. The Morgan fingerprint density at radius 3 is 1.34 bits per heavy atom. The van der Waals surface area contributed by atoms with Crippen LogP contribution in [0.25, 0.3) is 121 Å². The Hall–Kier alpha value is -8.41. The fourth-order valence-corrected chi connectivity index (χ4v) is 9.85. The van der Waals surface area contributed by atoms with Crippen LogP contribution >= 0.6 is 0 Å². The number of hydrogen-bond donors (Lipinski definition) is 0. The SMILES string of the molecule is c1ccc(-c2nc(-c3ccccc3)nc(-c3cc4c5ccccc5c5ccccc5c4cc3-n3c4ccccc4c4ccc5c(c6ccccc6n5-c5ccccc5)c43)n2)cc1. The van der Waals surface area contributed by atoms with Gasteiger partial charge in [-0.1, -0.05) is 170 Å². The molecule has 5 nitrogen and oxygen atoms in total. The molecule has 0 saturated carbocycles. The van der Waals surface area contributed by atoms with Gasteiger partial charge in [-0.3, -0.25) is 0 Å². The normalized spacial score (nSPS) is 11.9. The fraction of sp³-hybridized carbons (Fsp3) is 0. The second-order valence-corrected chi connectivity index (χ2v) is 15.9. The first kappa shape index (κ1) is 34.5. The molecule has 0 fully saturated rings. The van der Waals surface area contributed by atoms with Gasteiger partial charge < -0.3 is 9.13 Å². The van der Waals surface area contributed by atoms with Crippen molar-refractivity contribution in [2.24, 2.45) is 0 Å². The lowest BCUT2D eigenvalue weighted by molar-refractivity contribution is 1.07. The van der Waals surface area contributed by atoms with Crippen LogP contribution in [0.3, 0.4) is 0 Å². The van der Waals surface area contributed by atoms with E-state index in [0.29, 0.717) is 17.5 Å². The van der Waals surface area contributed by atoms with Gasteiger partial charge in [0, 0.05) is 43.9 Å². The molecule has 0 aliphatic rings. The van der Waals surface area contributed by atoms with E-state index in [1.807, 2.05) is 36.4 Å². The van der Waals surface area contributed by atoms with E-state index in [1.54, 1.807) is 0 Å². The highest BCUT2D eigenvalue weighted by atomic mass is 15.1. The van der Waals surface area contributed by atoms with Crippen LogP contribution in [0, 0.1) is 0 Å². The minimum absolute atomic E-state index is 0.608. The fourth-order valence-electron chi connectivity index (χ4n) is 9.85. The summed E-state index contributed by atoms with van der Waals surface area (Å²) >= 11 is 0. The molecule has 0 saturated heterocycles. The summed E-state index contributed by atoms with van der Waals surface area (Å²) in [5, 5.41) is 11.9. The van der Waals surface area contributed by atoms with Crippen molar-refractivity contribution in [3.63, 3.8) is 0 Å². The summed E-state index contributed by atoms with van der Waals surface area (Å²) in [5.74, 6) is 1.86. The van der Waals surface area contributed by atoms with Crippen molar-refractivity contribution in [1.82, 2.24) is 24.1 Å². The van der Waals surface area contributed by atoms with Crippen LogP contribution in [0.5, 0.6) is 0 Å². The molecule has 3 heterocycles. The average Bonchev–Trinajstić information content (AvgIpc) is 3.87. The predicted octanol–water partition coefficient (Wildman–Crippen LogP) is 14.5. The van der Waals surface area contributed by atoms with Crippen LogP contribution in [0.4, 0.5) is 0 Å². The van der Waals surface area contributed by atoms with Gasteiger partial charge in [-0.2, -0.15) is 0 Å². The van der Waals surface area contributed by atoms with Gasteiger partial charge in [0.2, 0.25) is 0 Å². The van der Waals surface area contributed by atoms with Crippen molar-refractivity contribution in [3.8, 4) is 45.5 Å². The van der Waals surface area contributed by atoms with E-state index in [4.69, 9.17) is 15.0 Å². The molecule has 62 heavy (non-hydrogen) atoms. The molecule has 0 aliphatic heterocycles. The first-order chi connectivity index (χ1) is 30.8. The molecule has 0 unspecified atom stereocenters. The molecular weight excluding hydrogens is 755 g/mol. The summed E-state index contributed by atoms with van der Waals surface area (Å²) in [7, 11) is 0. The summed E-state index contributed by atoms with van der Waals surface area (Å²) in [6.07, 6.45) is 0. The zero-order chi connectivity index (χ0) is 40.7. The molecule has 13 aromatic rings. The second kappa shape index (κ2) is 13.6. The van der Waals surface area contributed by atoms with E-state index < -0.39 is 0 Å². The Labute approximate surface area is 356 Å². The van der Waals surface area contributed by atoms with E-state index in [1.165, 1.54) is 48.5 Å². The minimum Gasteiger partial charge on any atom is -0.309 e. The quantitative estimate of drug-likeness (QED) is 0.163. The Bertz CT molecular complexity index is 3850. The van der Waals surface area contributed by atoms with E-state index in [0.717, 1.165) is 55.5 Å². The van der Waals surface area contributed by atoms with Gasteiger partial charge >= 0.3 is 0 Å². The van der Waals surface area contributed by atoms with E-state index in [9.17, 15) is 0 Å². The molecule has 0 radical (unpaired) electrons. The number of nitrogens with zero attached hydrogens (tertiary/aromatic N) is 5. The highest BCUT2D eigenvalue weighted by molar-refractivity contribution is 6.28. The molecule has 0 atom stereocenters. The third-order valence-corrected chi connectivity index (χ3v) is 12.5. The third kappa shape index (κ3) is 5.12. The molecule has 0 aliphatic carbocycles. The standard InChI is InChI=1S/C57H35N5/c1-4-18-36(19-5-1)55-58-56(37-20-6-2-7-21-37)60-57(59-55)48-34-46-41-26-12-10-24-39(41)40-25-11-13-27-42(40)47(46)35-52(48)62-49-30-16-14-28-43(49)44-32-33-51-53(54(44)62)45-29-15-17-31-50(45)61(51)38-22-8-3-9-23-38/h1-35H. The Balaban J connectivity index is 1.24. The molecule has 0 bridgehead atoms. The molecular formula is C57H35N5. The Kier molecular flexibility index (Phi) is 7.54. The van der Waals surface area contributed by atoms with Gasteiger partial charge in [0.05, 0.1) is 27.8 Å². The van der Waals surface area contributed by atoms with Crippen LogP contribution in [0.2, 0.25) is 0 Å². The Morgan fingerprint density at radius 1 is 0.290 bits per heavy atom. The molecule has 13 rings (SSSR count).